The third-order valence-corrected chi connectivity index (χ3v) is 15.1. The molecule has 0 aromatic heterocycles. The van der Waals surface area contributed by atoms with Crippen LogP contribution in [0.2, 0.25) is 0 Å². The van der Waals surface area contributed by atoms with Crippen molar-refractivity contribution in [2.24, 2.45) is 29.4 Å². The second kappa shape index (κ2) is 29.4. The number of unbranched alkanes of at least 4 members (excludes halogenated alkanes) is 5. The molecule has 0 bridgehead atoms. The van der Waals surface area contributed by atoms with E-state index in [-0.39, 0.29) is 24.1 Å². The van der Waals surface area contributed by atoms with Crippen molar-refractivity contribution < 1.29 is 84.3 Å². The first-order chi connectivity index (χ1) is 35.7. The quantitative estimate of drug-likeness (QED) is 0.0375. The number of rotatable bonds is 21. The van der Waals surface area contributed by atoms with Crippen LogP contribution in [-0.2, 0) is 38.4 Å². The SMILES string of the molecule is CC[C@H](C)C[C@H](C)CCCCCCCCC(=O)C[C@H]1C[C@@H](O)[C@@H](O)NC(=O)[C@@H]2[C@@H](O)CCN2C(=O)[C@H]([C@H](O)CC(N)=O)NC(=O)[C@H]([C@H](O)[C@@H](O)c2ccc(O)c(N)c2)CC(=O)[C@@H]2C[C@@H](O)CN2C(=O)[C@H]([C@@H](C)O)NC1=O. The van der Waals surface area contributed by atoms with Gasteiger partial charge in [0.05, 0.1) is 60.7 Å². The number of primary amides is 1. The highest BCUT2D eigenvalue weighted by Gasteiger charge is 2.49. The van der Waals surface area contributed by atoms with Gasteiger partial charge in [0.2, 0.25) is 35.4 Å². The maximum atomic E-state index is 14.5. The molecular formula is C52H83N7O17. The minimum atomic E-state index is -2.30. The molecule has 428 valence electrons. The van der Waals surface area contributed by atoms with Crippen molar-refractivity contribution >= 4 is 52.7 Å². The van der Waals surface area contributed by atoms with Crippen molar-refractivity contribution in [2.75, 3.05) is 18.8 Å². The number of hydrogen-bond donors (Lipinski definition) is 14. The summed E-state index contributed by atoms with van der Waals surface area (Å²) in [5.41, 5.74) is 10.7. The molecule has 0 spiro atoms. The van der Waals surface area contributed by atoms with Gasteiger partial charge in [-0.05, 0) is 62.1 Å². The molecule has 3 fully saturated rings. The van der Waals surface area contributed by atoms with E-state index in [1.165, 1.54) is 6.42 Å². The van der Waals surface area contributed by atoms with Crippen molar-refractivity contribution in [1.29, 1.82) is 0 Å². The molecule has 16 N–H and O–H groups in total. The lowest BCUT2D eigenvalue weighted by atomic mass is 9.86. The molecule has 16 atom stereocenters. The first-order valence-corrected chi connectivity index (χ1v) is 26.6. The van der Waals surface area contributed by atoms with E-state index in [4.69, 9.17) is 11.5 Å². The lowest BCUT2D eigenvalue weighted by Gasteiger charge is -2.34. The number of ketones is 2. The fourth-order valence-electron chi connectivity index (χ4n) is 10.4. The van der Waals surface area contributed by atoms with E-state index in [9.17, 15) is 84.3 Å². The fraction of sp³-hybridized carbons (Fsp3) is 0.731. The molecule has 3 saturated heterocycles. The number of phenolic OH excluding ortho intramolecular Hbond substituents is 1. The minimum absolute atomic E-state index is 0.0327. The molecule has 3 aliphatic heterocycles. The van der Waals surface area contributed by atoms with Gasteiger partial charge in [0.1, 0.15) is 35.8 Å². The van der Waals surface area contributed by atoms with Gasteiger partial charge in [0.25, 0.3) is 0 Å². The molecule has 3 heterocycles. The number of nitrogens with two attached hydrogens (primary N) is 2. The van der Waals surface area contributed by atoms with Gasteiger partial charge in [-0.25, -0.2) is 0 Å². The summed E-state index contributed by atoms with van der Waals surface area (Å²) >= 11 is 0. The number of benzene rings is 1. The topological polar surface area (TPSA) is 413 Å². The second-order valence-electron chi connectivity index (χ2n) is 21.4. The van der Waals surface area contributed by atoms with Crippen molar-refractivity contribution in [1.82, 2.24) is 25.8 Å². The number of nitrogen functional groups attached to an aromatic ring is 1. The smallest absolute Gasteiger partial charge is 0.248 e. The van der Waals surface area contributed by atoms with Crippen LogP contribution in [0.5, 0.6) is 5.75 Å². The summed E-state index contributed by atoms with van der Waals surface area (Å²) in [6.45, 7) is 6.86. The summed E-state index contributed by atoms with van der Waals surface area (Å²) < 4.78 is 0. The highest BCUT2D eigenvalue weighted by atomic mass is 16.3. The van der Waals surface area contributed by atoms with Gasteiger partial charge >= 0.3 is 0 Å². The van der Waals surface area contributed by atoms with Gasteiger partial charge < -0.3 is 83.2 Å². The van der Waals surface area contributed by atoms with Gasteiger partial charge in [-0.1, -0.05) is 71.8 Å². The molecule has 4 rings (SSSR count). The highest BCUT2D eigenvalue weighted by Crippen LogP contribution is 2.32. The number of anilines is 1. The summed E-state index contributed by atoms with van der Waals surface area (Å²) in [6.07, 6.45) is -11.0. The van der Waals surface area contributed by atoms with E-state index >= 15 is 0 Å². The van der Waals surface area contributed by atoms with Crippen LogP contribution >= 0.6 is 0 Å². The Bertz CT molecular complexity index is 2170. The fourth-order valence-corrected chi connectivity index (χ4v) is 10.4. The van der Waals surface area contributed by atoms with E-state index in [2.05, 4.69) is 36.7 Å². The molecule has 0 aliphatic carbocycles. The van der Waals surface area contributed by atoms with Crippen LogP contribution in [-0.4, -0.2) is 183 Å². The van der Waals surface area contributed by atoms with E-state index in [0.717, 1.165) is 68.5 Å². The molecule has 0 unspecified atom stereocenters. The number of amides is 6. The standard InChI is InChI=1S/C52H83N7O17/c1-5-26(2)18-27(3)12-10-8-6-7-9-11-13-31(61)19-30-21-40(67)49(73)57-50(74)44-37(64)16-17-58(44)52(76)43(39(66)24-41(54)68)56-48(72)33(46(70)45(69)29-14-15-36(63)34(53)20-29)23-38(65)35-22-32(62)25-59(35)51(75)42(28(4)60)55-47(30)71/h14-15,20,26-28,30,32-33,35,37,39-40,42-46,49,60,62-64,66-67,69-70,73H,5-13,16-19,21-25,53H2,1-4H3,(H2,54,68)(H,55,71)(H,56,72)(H,57,74)/t26-,27+,28+,30-,32+,33-,35-,37-,39+,40+,42-,43-,44-,45-,46-,49+/m0/s1. The lowest BCUT2D eigenvalue weighted by Crippen LogP contribution is -2.61. The third-order valence-electron chi connectivity index (χ3n) is 15.1. The summed E-state index contributed by atoms with van der Waals surface area (Å²) in [4.78, 5) is 113. The molecule has 3 aliphatic rings. The predicted molar refractivity (Wildman–Crippen MR) is 272 cm³/mol. The summed E-state index contributed by atoms with van der Waals surface area (Å²) in [6, 6.07) is -4.39. The Hall–Kier alpha value is -5.34. The first-order valence-electron chi connectivity index (χ1n) is 26.6. The van der Waals surface area contributed by atoms with Crippen molar-refractivity contribution in [3.8, 4) is 5.75 Å². The van der Waals surface area contributed by atoms with Crippen LogP contribution in [0.15, 0.2) is 18.2 Å². The molecule has 24 nitrogen and oxygen atoms in total. The molecule has 1 aromatic carbocycles. The Morgan fingerprint density at radius 1 is 0.776 bits per heavy atom. The average Bonchev–Trinajstić information content (AvgIpc) is 3.95. The van der Waals surface area contributed by atoms with Gasteiger partial charge in [-0.3, -0.25) is 38.4 Å². The number of hydrogen-bond acceptors (Lipinski definition) is 18. The van der Waals surface area contributed by atoms with E-state index in [1.54, 1.807) is 0 Å². The molecule has 24 heteroatoms. The average molecular weight is 1080 g/mol. The zero-order chi connectivity index (χ0) is 56.7. The molecular weight excluding hydrogens is 995 g/mol. The van der Waals surface area contributed by atoms with Crippen LogP contribution in [0, 0.1) is 23.7 Å². The lowest BCUT2D eigenvalue weighted by molar-refractivity contribution is -0.150. The van der Waals surface area contributed by atoms with E-state index in [1.807, 2.05) is 0 Å². The van der Waals surface area contributed by atoms with Gasteiger partial charge in [0.15, 0.2) is 12.0 Å². The van der Waals surface area contributed by atoms with E-state index in [0.29, 0.717) is 29.6 Å². The molecule has 76 heavy (non-hydrogen) atoms. The van der Waals surface area contributed by atoms with Gasteiger partial charge in [-0.15, -0.1) is 0 Å². The monoisotopic (exact) mass is 1080 g/mol. The number of aliphatic hydroxyl groups is 8. The summed E-state index contributed by atoms with van der Waals surface area (Å²) in [5.74, 6) is -11.6. The number of aliphatic hydroxyl groups excluding tert-OH is 8. The zero-order valence-corrected chi connectivity index (χ0v) is 44.0. The van der Waals surface area contributed by atoms with Crippen molar-refractivity contribution in [3.63, 3.8) is 0 Å². The van der Waals surface area contributed by atoms with Gasteiger partial charge in [0, 0.05) is 44.7 Å². The van der Waals surface area contributed by atoms with Crippen molar-refractivity contribution in [3.05, 3.63) is 23.8 Å². The Morgan fingerprint density at radius 3 is 2.04 bits per heavy atom. The number of nitrogens with one attached hydrogen (secondary N) is 3. The van der Waals surface area contributed by atoms with Crippen LogP contribution in [0.25, 0.3) is 0 Å². The Morgan fingerprint density at radius 2 is 1.41 bits per heavy atom. The predicted octanol–water partition coefficient (Wildman–Crippen LogP) is -1.58. The molecule has 0 saturated carbocycles. The normalized spacial score (nSPS) is 28.9. The third kappa shape index (κ3) is 17.6. The number of carbonyl (C=O) groups excluding carboxylic acids is 8. The zero-order valence-electron chi connectivity index (χ0n) is 44.0. The Balaban J connectivity index is 1.70. The van der Waals surface area contributed by atoms with Crippen LogP contribution in [0.1, 0.15) is 142 Å². The minimum Gasteiger partial charge on any atom is -0.506 e. The number of aromatic hydroxyl groups is 1. The highest BCUT2D eigenvalue weighted by molar-refractivity contribution is 5.98. The number of carbonyl (C=O) groups is 8. The molecule has 0 radical (unpaired) electrons. The summed E-state index contributed by atoms with van der Waals surface area (Å²) in [7, 11) is 0. The Kier molecular flexibility index (Phi) is 24.5. The van der Waals surface area contributed by atoms with Gasteiger partial charge in [-0.2, -0.15) is 0 Å². The first kappa shape index (κ1) is 63.2. The van der Waals surface area contributed by atoms with E-state index < -0.39 is 183 Å². The maximum Gasteiger partial charge on any atom is 0.248 e. The summed E-state index contributed by atoms with van der Waals surface area (Å²) in [5, 5.41) is 107. The number of fused-ring (bicyclic) bond motifs is 2. The number of phenols is 1. The number of nitrogens with zero attached hydrogens (tertiary/aromatic N) is 2. The van der Waals surface area contributed by atoms with Crippen molar-refractivity contribution in [2.45, 2.75) is 204 Å². The largest absolute Gasteiger partial charge is 0.506 e. The van der Waals surface area contributed by atoms with Crippen LogP contribution in [0.3, 0.4) is 0 Å². The van der Waals surface area contributed by atoms with Crippen LogP contribution < -0.4 is 27.4 Å². The van der Waals surface area contributed by atoms with Crippen LogP contribution in [0.4, 0.5) is 5.69 Å². The second-order valence-corrected chi connectivity index (χ2v) is 21.4. The Labute approximate surface area is 442 Å². The number of Topliss-reactive ketones (excluding diaryl/α,β-unsaturated/α-hetero) is 2. The maximum absolute atomic E-state index is 14.5. The molecule has 1 aromatic rings. The molecule has 6 amide bonds.